The fraction of sp³-hybridized carbons (Fsp3) is 0.500. The first-order chi connectivity index (χ1) is 9.56. The average Bonchev–Trinajstić information content (AvgIpc) is 3.01. The van der Waals surface area contributed by atoms with Crippen molar-refractivity contribution in [2.45, 2.75) is 32.7 Å². The van der Waals surface area contributed by atoms with Gasteiger partial charge in [0.25, 0.3) is 0 Å². The third-order valence-corrected chi connectivity index (χ3v) is 3.90. The number of nitrogens with zero attached hydrogens (tertiary/aromatic N) is 3. The maximum atomic E-state index is 12.1. The molecule has 1 aliphatic carbocycles. The van der Waals surface area contributed by atoms with Crippen LogP contribution in [0.5, 0.6) is 0 Å². The Labute approximate surface area is 117 Å². The van der Waals surface area contributed by atoms with Crippen LogP contribution in [0.3, 0.4) is 0 Å². The molecular weight excluding hydrogens is 256 g/mol. The summed E-state index contributed by atoms with van der Waals surface area (Å²) in [5.41, 5.74) is 2.95. The normalized spacial score (nSPS) is 20.9. The second-order valence-corrected chi connectivity index (χ2v) is 5.42. The van der Waals surface area contributed by atoms with E-state index in [1.54, 1.807) is 4.68 Å². The molecule has 1 saturated carbocycles. The number of aryl methyl sites for hydroxylation is 3. The fourth-order valence-electron chi connectivity index (χ4n) is 2.55. The Morgan fingerprint density at radius 1 is 1.55 bits per heavy atom. The van der Waals surface area contributed by atoms with Crippen molar-refractivity contribution < 1.29 is 9.32 Å². The molecular formula is C14H18N4O2. The molecule has 1 N–H and O–H groups in total. The van der Waals surface area contributed by atoms with Crippen molar-refractivity contribution in [3.8, 4) is 0 Å². The summed E-state index contributed by atoms with van der Waals surface area (Å²) in [6.07, 6.45) is 4.72. The van der Waals surface area contributed by atoms with Crippen LogP contribution >= 0.6 is 0 Å². The molecule has 0 aromatic carbocycles. The third kappa shape index (κ3) is 2.33. The second-order valence-electron chi connectivity index (χ2n) is 5.42. The van der Waals surface area contributed by atoms with Crippen LogP contribution in [0.2, 0.25) is 0 Å². The molecule has 1 aliphatic rings. The van der Waals surface area contributed by atoms with Gasteiger partial charge in [-0.25, -0.2) is 0 Å². The van der Waals surface area contributed by atoms with Crippen LogP contribution in [0, 0.1) is 19.8 Å². The summed E-state index contributed by atoms with van der Waals surface area (Å²) in [5, 5.41) is 11.0. The monoisotopic (exact) mass is 274 g/mol. The van der Waals surface area contributed by atoms with Gasteiger partial charge in [-0.2, -0.15) is 5.10 Å². The van der Waals surface area contributed by atoms with Crippen molar-refractivity contribution in [1.82, 2.24) is 20.3 Å². The zero-order chi connectivity index (χ0) is 14.3. The highest BCUT2D eigenvalue weighted by Crippen LogP contribution is 2.47. The van der Waals surface area contributed by atoms with E-state index in [2.05, 4.69) is 15.6 Å². The molecule has 2 aromatic heterocycles. The van der Waals surface area contributed by atoms with Gasteiger partial charge in [-0.3, -0.25) is 9.48 Å². The fourth-order valence-corrected chi connectivity index (χ4v) is 2.55. The standard InChI is InChI=1S/C14H18N4O2/c1-8-13(9(2)20-17-8)6-15-14(19)12-4-11(12)10-5-16-18(3)7-10/h5,7,11-12H,4,6H2,1-3H3,(H,15,19)/t11-,12-/m0/s1. The van der Waals surface area contributed by atoms with Crippen LogP contribution in [0.25, 0.3) is 0 Å². The highest BCUT2D eigenvalue weighted by atomic mass is 16.5. The van der Waals surface area contributed by atoms with Crippen molar-refractivity contribution in [3.63, 3.8) is 0 Å². The van der Waals surface area contributed by atoms with Gasteiger partial charge in [0.15, 0.2) is 0 Å². The number of nitrogens with one attached hydrogen (secondary N) is 1. The summed E-state index contributed by atoms with van der Waals surface area (Å²) in [4.78, 5) is 12.1. The first-order valence-corrected chi connectivity index (χ1v) is 6.74. The molecule has 1 fully saturated rings. The molecule has 20 heavy (non-hydrogen) atoms. The molecule has 0 radical (unpaired) electrons. The van der Waals surface area contributed by atoms with Crippen LogP contribution in [0.15, 0.2) is 16.9 Å². The highest BCUT2D eigenvalue weighted by Gasteiger charge is 2.44. The topological polar surface area (TPSA) is 73.0 Å². The van der Waals surface area contributed by atoms with Crippen molar-refractivity contribution in [1.29, 1.82) is 0 Å². The Morgan fingerprint density at radius 2 is 2.35 bits per heavy atom. The highest BCUT2D eigenvalue weighted by molar-refractivity contribution is 5.82. The summed E-state index contributed by atoms with van der Waals surface area (Å²) in [5.74, 6) is 1.24. The summed E-state index contributed by atoms with van der Waals surface area (Å²) >= 11 is 0. The maximum absolute atomic E-state index is 12.1. The first kappa shape index (κ1) is 12.9. The minimum Gasteiger partial charge on any atom is -0.361 e. The van der Waals surface area contributed by atoms with Crippen LogP contribution in [0.4, 0.5) is 0 Å². The van der Waals surface area contributed by atoms with Gasteiger partial charge in [0.1, 0.15) is 5.76 Å². The number of carbonyl (C=O) groups is 1. The molecule has 2 atom stereocenters. The van der Waals surface area contributed by atoms with Crippen LogP contribution in [0.1, 0.15) is 34.9 Å². The number of rotatable bonds is 4. The van der Waals surface area contributed by atoms with Gasteiger partial charge in [-0.05, 0) is 31.7 Å². The van der Waals surface area contributed by atoms with E-state index in [9.17, 15) is 4.79 Å². The SMILES string of the molecule is Cc1noc(C)c1CNC(=O)[C@H]1C[C@H]1c1cnn(C)c1. The Bertz CT molecular complexity index is 624. The van der Waals surface area contributed by atoms with Gasteiger partial charge < -0.3 is 9.84 Å². The van der Waals surface area contributed by atoms with Crippen LogP contribution in [-0.4, -0.2) is 20.8 Å². The number of hydrogen-bond donors (Lipinski definition) is 1. The number of carbonyl (C=O) groups excluding carboxylic acids is 1. The zero-order valence-corrected chi connectivity index (χ0v) is 11.9. The predicted molar refractivity (Wildman–Crippen MR) is 71.9 cm³/mol. The van der Waals surface area contributed by atoms with E-state index in [1.165, 1.54) is 0 Å². The molecule has 3 rings (SSSR count). The van der Waals surface area contributed by atoms with Gasteiger partial charge in [-0.1, -0.05) is 5.16 Å². The molecule has 2 heterocycles. The summed E-state index contributed by atoms with van der Waals surface area (Å²) in [6, 6.07) is 0. The van der Waals surface area contributed by atoms with E-state index in [4.69, 9.17) is 4.52 Å². The Kier molecular flexibility index (Phi) is 3.08. The smallest absolute Gasteiger partial charge is 0.224 e. The molecule has 106 valence electrons. The lowest BCUT2D eigenvalue weighted by molar-refractivity contribution is -0.122. The van der Waals surface area contributed by atoms with E-state index < -0.39 is 0 Å². The Morgan fingerprint density at radius 3 is 2.95 bits per heavy atom. The minimum absolute atomic E-state index is 0.0691. The molecule has 1 amide bonds. The average molecular weight is 274 g/mol. The molecule has 0 bridgehead atoms. The summed E-state index contributed by atoms with van der Waals surface area (Å²) < 4.78 is 6.85. The lowest BCUT2D eigenvalue weighted by atomic mass is 10.2. The molecule has 0 spiro atoms. The lowest BCUT2D eigenvalue weighted by Crippen LogP contribution is -2.25. The Hall–Kier alpha value is -2.11. The van der Waals surface area contributed by atoms with Gasteiger partial charge >= 0.3 is 0 Å². The molecule has 0 aliphatic heterocycles. The maximum Gasteiger partial charge on any atom is 0.224 e. The third-order valence-electron chi connectivity index (χ3n) is 3.90. The van der Waals surface area contributed by atoms with Gasteiger partial charge in [0.05, 0.1) is 11.9 Å². The van der Waals surface area contributed by atoms with Gasteiger partial charge in [0.2, 0.25) is 5.91 Å². The summed E-state index contributed by atoms with van der Waals surface area (Å²) in [7, 11) is 1.89. The molecule has 6 heteroatoms. The molecule has 2 aromatic rings. The second kappa shape index (κ2) is 4.77. The minimum atomic E-state index is 0.0691. The predicted octanol–water partition coefficient (Wildman–Crippen LogP) is 1.44. The van der Waals surface area contributed by atoms with E-state index in [-0.39, 0.29) is 11.8 Å². The summed E-state index contributed by atoms with van der Waals surface area (Å²) in [6.45, 7) is 4.22. The molecule has 0 unspecified atom stereocenters. The molecule has 6 nitrogen and oxygen atoms in total. The largest absolute Gasteiger partial charge is 0.361 e. The lowest BCUT2D eigenvalue weighted by Gasteiger charge is -2.04. The molecule has 0 saturated heterocycles. The number of amides is 1. The van der Waals surface area contributed by atoms with Crippen molar-refractivity contribution >= 4 is 5.91 Å². The number of hydrogen-bond acceptors (Lipinski definition) is 4. The van der Waals surface area contributed by atoms with E-state index in [1.807, 2.05) is 33.3 Å². The number of aromatic nitrogens is 3. The van der Waals surface area contributed by atoms with Crippen LogP contribution < -0.4 is 5.32 Å². The van der Waals surface area contributed by atoms with Crippen molar-refractivity contribution in [2.24, 2.45) is 13.0 Å². The van der Waals surface area contributed by atoms with Crippen LogP contribution in [-0.2, 0) is 18.4 Å². The van der Waals surface area contributed by atoms with E-state index in [0.29, 0.717) is 12.5 Å². The Balaban J connectivity index is 1.57. The van der Waals surface area contributed by atoms with Crippen molar-refractivity contribution in [3.05, 3.63) is 35.0 Å². The van der Waals surface area contributed by atoms with Gasteiger partial charge in [0, 0.05) is 31.3 Å². The first-order valence-electron chi connectivity index (χ1n) is 6.74. The van der Waals surface area contributed by atoms with Gasteiger partial charge in [-0.15, -0.1) is 0 Å². The van der Waals surface area contributed by atoms with E-state index in [0.717, 1.165) is 29.0 Å². The van der Waals surface area contributed by atoms with Crippen molar-refractivity contribution in [2.75, 3.05) is 0 Å². The van der Waals surface area contributed by atoms with E-state index >= 15 is 0 Å². The zero-order valence-electron chi connectivity index (χ0n) is 11.9. The quantitative estimate of drug-likeness (QED) is 0.915.